The van der Waals surface area contributed by atoms with Gasteiger partial charge in [-0.2, -0.15) is 0 Å². The predicted molar refractivity (Wildman–Crippen MR) is 101 cm³/mol. The second kappa shape index (κ2) is 8.26. The first kappa shape index (κ1) is 20.2. The maximum Gasteiger partial charge on any atom is 0.329 e. The Kier molecular flexibility index (Phi) is 5.76. The van der Waals surface area contributed by atoms with Crippen molar-refractivity contribution in [3.8, 4) is 0 Å². The van der Waals surface area contributed by atoms with Crippen molar-refractivity contribution in [3.63, 3.8) is 0 Å². The summed E-state index contributed by atoms with van der Waals surface area (Å²) in [6, 6.07) is 5.00. The van der Waals surface area contributed by atoms with Gasteiger partial charge in [-0.25, -0.2) is 4.79 Å². The molecule has 1 aliphatic heterocycles. The quantitative estimate of drug-likeness (QED) is 0.409. The van der Waals surface area contributed by atoms with Crippen LogP contribution in [0.3, 0.4) is 0 Å². The van der Waals surface area contributed by atoms with Gasteiger partial charge in [-0.1, -0.05) is 24.3 Å². The number of imide groups is 1. The molecule has 1 aromatic carbocycles. The van der Waals surface area contributed by atoms with Crippen molar-refractivity contribution in [1.82, 2.24) is 4.90 Å². The molecule has 9 nitrogen and oxygen atoms in total. The molecular weight excluding hydrogens is 378 g/mol. The molecule has 0 radical (unpaired) electrons. The number of carbonyl (C=O) groups is 5. The smallest absolute Gasteiger partial charge is 0.329 e. The lowest BCUT2D eigenvalue weighted by Crippen LogP contribution is -2.45. The minimum absolute atomic E-state index is 0.116. The van der Waals surface area contributed by atoms with Gasteiger partial charge in [0.05, 0.1) is 23.1 Å². The molecule has 0 spiro atoms. The number of nitrogens with two attached hydrogens (primary N) is 1. The maximum atomic E-state index is 12.5. The second-order valence-corrected chi connectivity index (χ2v) is 6.94. The van der Waals surface area contributed by atoms with Crippen molar-refractivity contribution in [2.75, 3.05) is 11.9 Å². The van der Waals surface area contributed by atoms with Crippen molar-refractivity contribution in [2.45, 2.75) is 25.8 Å². The van der Waals surface area contributed by atoms with E-state index < -0.39 is 54.1 Å². The van der Waals surface area contributed by atoms with E-state index >= 15 is 0 Å². The Morgan fingerprint density at radius 3 is 2.31 bits per heavy atom. The first-order valence-electron chi connectivity index (χ1n) is 9.18. The van der Waals surface area contributed by atoms with E-state index in [9.17, 15) is 24.0 Å². The Bertz CT molecular complexity index is 883. The van der Waals surface area contributed by atoms with Crippen LogP contribution in [-0.4, -0.2) is 47.1 Å². The molecule has 3 N–H and O–H groups in total. The zero-order valence-electron chi connectivity index (χ0n) is 15.8. The minimum atomic E-state index is -1.13. The summed E-state index contributed by atoms with van der Waals surface area (Å²) in [6.45, 7) is 0.754. The summed E-state index contributed by atoms with van der Waals surface area (Å²) in [7, 11) is 0. The van der Waals surface area contributed by atoms with Crippen LogP contribution < -0.4 is 11.1 Å². The van der Waals surface area contributed by atoms with Gasteiger partial charge in [0.1, 0.15) is 6.04 Å². The van der Waals surface area contributed by atoms with E-state index in [1.54, 1.807) is 12.1 Å². The van der Waals surface area contributed by atoms with Crippen LogP contribution in [0.1, 0.15) is 30.1 Å². The van der Waals surface area contributed by atoms with E-state index in [0.717, 1.165) is 4.90 Å². The van der Waals surface area contributed by atoms with Crippen molar-refractivity contribution >= 4 is 35.3 Å². The van der Waals surface area contributed by atoms with Crippen LogP contribution in [0, 0.1) is 11.8 Å². The number of carbonyl (C=O) groups excluding carboxylic acids is 5. The lowest BCUT2D eigenvalue weighted by Gasteiger charge is -2.21. The summed E-state index contributed by atoms with van der Waals surface area (Å²) >= 11 is 0. The minimum Gasteiger partial charge on any atom is -0.454 e. The molecule has 1 fully saturated rings. The van der Waals surface area contributed by atoms with Crippen molar-refractivity contribution in [1.29, 1.82) is 0 Å². The number of benzene rings is 1. The number of primary amides is 1. The summed E-state index contributed by atoms with van der Waals surface area (Å²) in [5.74, 6) is -3.95. The molecule has 3 atom stereocenters. The molecule has 9 heteroatoms. The SMILES string of the molecule is C[C@@H](C(=O)OCC(=O)Nc1ccccc1C(N)=O)N1C(=O)[C@H]2CC=CC[C@@H]2C1=O. The van der Waals surface area contributed by atoms with Crippen LogP contribution in [0.4, 0.5) is 5.69 Å². The molecule has 2 aliphatic rings. The molecule has 0 saturated carbocycles. The van der Waals surface area contributed by atoms with E-state index in [0.29, 0.717) is 12.8 Å². The molecule has 4 amide bonds. The predicted octanol–water partition coefficient (Wildman–Crippen LogP) is 0.607. The highest BCUT2D eigenvalue weighted by molar-refractivity contribution is 6.08. The monoisotopic (exact) mass is 399 g/mol. The van der Waals surface area contributed by atoms with Gasteiger partial charge in [-0.3, -0.25) is 24.1 Å². The first-order valence-corrected chi connectivity index (χ1v) is 9.18. The highest BCUT2D eigenvalue weighted by Gasteiger charge is 2.50. The van der Waals surface area contributed by atoms with Crippen LogP contribution in [0.15, 0.2) is 36.4 Å². The number of allylic oxidation sites excluding steroid dienone is 2. The topological polar surface area (TPSA) is 136 Å². The molecule has 1 heterocycles. The largest absolute Gasteiger partial charge is 0.454 e. The first-order chi connectivity index (χ1) is 13.8. The average Bonchev–Trinajstić information content (AvgIpc) is 2.96. The van der Waals surface area contributed by atoms with Crippen LogP contribution in [0.25, 0.3) is 0 Å². The van der Waals surface area contributed by atoms with Crippen molar-refractivity contribution in [3.05, 3.63) is 42.0 Å². The van der Waals surface area contributed by atoms with Crippen molar-refractivity contribution in [2.24, 2.45) is 17.6 Å². The fraction of sp³-hybridized carbons (Fsp3) is 0.350. The third-order valence-electron chi connectivity index (χ3n) is 5.08. The van der Waals surface area contributed by atoms with E-state index in [4.69, 9.17) is 10.5 Å². The highest BCUT2D eigenvalue weighted by atomic mass is 16.5. The molecule has 1 aliphatic carbocycles. The number of para-hydroxylation sites is 1. The lowest BCUT2D eigenvalue weighted by atomic mass is 9.85. The number of amides is 4. The Labute approximate surface area is 166 Å². The van der Waals surface area contributed by atoms with Gasteiger partial charge in [0.25, 0.3) is 11.8 Å². The molecule has 1 aromatic rings. The fourth-order valence-corrected chi connectivity index (χ4v) is 3.56. The normalized spacial score (nSPS) is 21.5. The maximum absolute atomic E-state index is 12.5. The molecule has 0 bridgehead atoms. The summed E-state index contributed by atoms with van der Waals surface area (Å²) in [6.07, 6.45) is 4.64. The number of ether oxygens (including phenoxy) is 1. The summed E-state index contributed by atoms with van der Waals surface area (Å²) < 4.78 is 4.97. The lowest BCUT2D eigenvalue weighted by molar-refractivity contribution is -0.159. The Balaban J connectivity index is 1.58. The Morgan fingerprint density at radius 1 is 1.14 bits per heavy atom. The van der Waals surface area contributed by atoms with E-state index in [-0.39, 0.29) is 11.3 Å². The van der Waals surface area contributed by atoms with Crippen LogP contribution in [0.2, 0.25) is 0 Å². The van der Waals surface area contributed by atoms with Crippen molar-refractivity contribution < 1.29 is 28.7 Å². The number of hydrogen-bond acceptors (Lipinski definition) is 6. The highest BCUT2D eigenvalue weighted by Crippen LogP contribution is 2.36. The molecule has 3 rings (SSSR count). The number of rotatable bonds is 6. The van der Waals surface area contributed by atoms with E-state index in [1.807, 2.05) is 12.2 Å². The third-order valence-corrected chi connectivity index (χ3v) is 5.08. The van der Waals surface area contributed by atoms with Gasteiger partial charge in [-0.15, -0.1) is 0 Å². The number of esters is 1. The van der Waals surface area contributed by atoms with Gasteiger partial charge in [0.15, 0.2) is 6.61 Å². The Hall–Kier alpha value is -3.49. The number of hydrogen-bond donors (Lipinski definition) is 2. The average molecular weight is 399 g/mol. The van der Waals surface area contributed by atoms with Gasteiger partial charge < -0.3 is 15.8 Å². The number of nitrogens with one attached hydrogen (secondary N) is 1. The summed E-state index contributed by atoms with van der Waals surface area (Å²) in [5, 5.41) is 2.44. The number of likely N-dealkylation sites (tertiary alicyclic amines) is 1. The number of anilines is 1. The zero-order chi connectivity index (χ0) is 21.1. The van der Waals surface area contributed by atoms with Crippen LogP contribution in [0.5, 0.6) is 0 Å². The van der Waals surface area contributed by atoms with Gasteiger partial charge in [0.2, 0.25) is 11.8 Å². The second-order valence-electron chi connectivity index (χ2n) is 6.94. The zero-order valence-corrected chi connectivity index (χ0v) is 15.8. The van der Waals surface area contributed by atoms with Gasteiger partial charge >= 0.3 is 5.97 Å². The van der Waals surface area contributed by atoms with Crippen LogP contribution >= 0.6 is 0 Å². The van der Waals surface area contributed by atoms with Gasteiger partial charge in [0, 0.05) is 0 Å². The fourth-order valence-electron chi connectivity index (χ4n) is 3.56. The van der Waals surface area contributed by atoms with Gasteiger partial charge in [-0.05, 0) is 31.9 Å². The standard InChI is InChI=1S/C20H21N3O6/c1-11(23-18(26)12-6-2-3-7-13(12)19(23)27)20(28)29-10-16(24)22-15-9-5-4-8-14(15)17(21)25/h2-5,8-9,11-13H,6-7,10H2,1H3,(H2,21,25)(H,22,24)/t11-,12-,13-/m0/s1. The van der Waals surface area contributed by atoms with E-state index in [1.165, 1.54) is 19.1 Å². The van der Waals surface area contributed by atoms with Crippen LogP contribution in [-0.2, 0) is 23.9 Å². The Morgan fingerprint density at radius 2 is 1.72 bits per heavy atom. The number of nitrogens with zero attached hydrogens (tertiary/aromatic N) is 1. The third kappa shape index (κ3) is 4.03. The molecule has 0 aromatic heterocycles. The number of fused-ring (bicyclic) bond motifs is 1. The van der Waals surface area contributed by atoms with E-state index in [2.05, 4.69) is 5.32 Å². The summed E-state index contributed by atoms with van der Waals surface area (Å²) in [4.78, 5) is 61.7. The molecule has 1 saturated heterocycles. The molecular formula is C20H21N3O6. The molecule has 0 unspecified atom stereocenters. The molecule has 29 heavy (non-hydrogen) atoms. The summed E-state index contributed by atoms with van der Waals surface area (Å²) in [5.41, 5.74) is 5.55. The molecule has 152 valence electrons.